The minimum Gasteiger partial charge on any atom is -0.457 e. The molecule has 0 atom stereocenters. The van der Waals surface area contributed by atoms with E-state index in [4.69, 9.17) is 4.74 Å². The summed E-state index contributed by atoms with van der Waals surface area (Å²) >= 11 is 0. The summed E-state index contributed by atoms with van der Waals surface area (Å²) < 4.78 is 5.91. The van der Waals surface area contributed by atoms with Gasteiger partial charge in [0.1, 0.15) is 11.5 Å². The van der Waals surface area contributed by atoms with Crippen LogP contribution in [0.4, 0.5) is 10.5 Å². The number of benzene rings is 3. The van der Waals surface area contributed by atoms with Gasteiger partial charge < -0.3 is 10.1 Å². The second-order valence-electron chi connectivity index (χ2n) is 6.89. The van der Waals surface area contributed by atoms with E-state index in [9.17, 15) is 4.79 Å². The Morgan fingerprint density at radius 1 is 0.852 bits per heavy atom. The summed E-state index contributed by atoms with van der Waals surface area (Å²) in [4.78, 5) is 14.3. The number of rotatable bonds is 5. The lowest BCUT2D eigenvalue weighted by atomic mass is 9.94. The lowest BCUT2D eigenvalue weighted by Gasteiger charge is -2.30. The highest BCUT2D eigenvalue weighted by atomic mass is 16.5. The molecule has 1 N–H and O–H groups in total. The van der Waals surface area contributed by atoms with Gasteiger partial charge in [-0.2, -0.15) is 0 Å². The number of hydrogen-bond donors (Lipinski definition) is 1. The number of carbonyl (C=O) groups excluding carboxylic acids is 1. The summed E-state index contributed by atoms with van der Waals surface area (Å²) in [6.45, 7) is 3.96. The maximum Gasteiger partial charge on any atom is 0.322 e. The molecule has 0 heterocycles. The van der Waals surface area contributed by atoms with Gasteiger partial charge >= 0.3 is 6.03 Å². The topological polar surface area (TPSA) is 41.6 Å². The number of hydrogen-bond acceptors (Lipinski definition) is 2. The molecule has 4 heteroatoms. The largest absolute Gasteiger partial charge is 0.457 e. The molecule has 3 rings (SSSR count). The van der Waals surface area contributed by atoms with Crippen LogP contribution in [0, 0.1) is 0 Å². The van der Waals surface area contributed by atoms with Crippen LogP contribution in [0.25, 0.3) is 0 Å². The molecule has 0 aliphatic rings. The molecule has 3 aromatic rings. The van der Waals surface area contributed by atoms with Gasteiger partial charge in [-0.25, -0.2) is 4.79 Å². The van der Waals surface area contributed by atoms with Crippen molar-refractivity contribution in [3.8, 4) is 11.5 Å². The zero-order chi connectivity index (χ0) is 19.3. The quantitative estimate of drug-likeness (QED) is 0.647. The second-order valence-corrected chi connectivity index (χ2v) is 6.89. The molecule has 0 unspecified atom stereocenters. The molecular formula is C23H24N2O2. The third-order valence-corrected chi connectivity index (χ3v) is 4.40. The molecule has 138 valence electrons. The fraction of sp³-hybridized carbons (Fsp3) is 0.174. The summed E-state index contributed by atoms with van der Waals surface area (Å²) in [5, 5.41) is 3.09. The van der Waals surface area contributed by atoms with Crippen molar-refractivity contribution in [2.24, 2.45) is 0 Å². The van der Waals surface area contributed by atoms with Gasteiger partial charge in [-0.1, -0.05) is 48.5 Å². The van der Waals surface area contributed by atoms with E-state index in [1.807, 2.05) is 98.8 Å². The van der Waals surface area contributed by atoms with E-state index in [0.717, 1.165) is 22.7 Å². The van der Waals surface area contributed by atoms with Gasteiger partial charge in [0.05, 0.1) is 5.54 Å². The second kappa shape index (κ2) is 7.96. The molecule has 0 radical (unpaired) electrons. The van der Waals surface area contributed by atoms with Crippen LogP contribution in [0.1, 0.15) is 19.4 Å². The van der Waals surface area contributed by atoms with Crippen LogP contribution in [-0.2, 0) is 5.54 Å². The summed E-state index contributed by atoms with van der Waals surface area (Å²) in [6, 6.07) is 26.8. The molecule has 0 saturated heterocycles. The molecule has 3 aromatic carbocycles. The molecule has 0 aliphatic carbocycles. The Hall–Kier alpha value is -3.27. The number of anilines is 1. The molecule has 27 heavy (non-hydrogen) atoms. The number of ether oxygens (including phenoxy) is 1. The van der Waals surface area contributed by atoms with Gasteiger partial charge in [-0.05, 0) is 55.8 Å². The summed E-state index contributed by atoms with van der Waals surface area (Å²) in [5.74, 6) is 1.51. The first-order chi connectivity index (χ1) is 13.0. The normalized spacial score (nSPS) is 10.9. The van der Waals surface area contributed by atoms with Crippen LogP contribution < -0.4 is 15.0 Å². The van der Waals surface area contributed by atoms with E-state index in [1.165, 1.54) is 0 Å². The van der Waals surface area contributed by atoms with Gasteiger partial charge in [-0.15, -0.1) is 0 Å². The number of urea groups is 1. The lowest BCUT2D eigenvalue weighted by Crippen LogP contribution is -2.47. The summed E-state index contributed by atoms with van der Waals surface area (Å²) in [6.07, 6.45) is 0. The summed E-state index contributed by atoms with van der Waals surface area (Å²) in [5.41, 5.74) is 1.24. The highest BCUT2D eigenvalue weighted by molar-refractivity contribution is 5.91. The maximum absolute atomic E-state index is 12.7. The Morgan fingerprint density at radius 3 is 2.11 bits per heavy atom. The molecule has 2 amide bonds. The van der Waals surface area contributed by atoms with Crippen molar-refractivity contribution in [3.63, 3.8) is 0 Å². The average Bonchev–Trinajstić information content (AvgIpc) is 2.69. The Balaban J connectivity index is 1.74. The van der Waals surface area contributed by atoms with E-state index >= 15 is 0 Å². The smallest absolute Gasteiger partial charge is 0.322 e. The predicted octanol–water partition coefficient (Wildman–Crippen LogP) is 5.56. The van der Waals surface area contributed by atoms with Crippen molar-refractivity contribution in [2.75, 3.05) is 11.9 Å². The average molecular weight is 360 g/mol. The van der Waals surface area contributed by atoms with E-state index < -0.39 is 5.54 Å². The molecular weight excluding hydrogens is 336 g/mol. The van der Waals surface area contributed by atoms with Gasteiger partial charge in [0, 0.05) is 12.7 Å². The zero-order valence-electron chi connectivity index (χ0n) is 15.8. The lowest BCUT2D eigenvalue weighted by molar-refractivity contribution is 0.237. The summed E-state index contributed by atoms with van der Waals surface area (Å²) in [7, 11) is 1.76. The molecule has 0 saturated carbocycles. The first kappa shape index (κ1) is 18.5. The standard InChI is InChI=1S/C23H24N2O2/c1-23(2,24-22(26)25(3)19-12-6-4-7-13-19)18-11-10-16-21(17-18)27-20-14-8-5-9-15-20/h4-17H,1-3H3,(H,24,26). The Kier molecular flexibility index (Phi) is 5.46. The Bertz CT molecular complexity index is 893. The predicted molar refractivity (Wildman–Crippen MR) is 109 cm³/mol. The maximum atomic E-state index is 12.7. The number of nitrogens with zero attached hydrogens (tertiary/aromatic N) is 1. The fourth-order valence-electron chi connectivity index (χ4n) is 2.77. The number of carbonyl (C=O) groups is 1. The molecule has 0 bridgehead atoms. The molecule has 0 aromatic heterocycles. The Morgan fingerprint density at radius 2 is 1.44 bits per heavy atom. The van der Waals surface area contributed by atoms with Crippen molar-refractivity contribution in [3.05, 3.63) is 90.5 Å². The fourth-order valence-corrected chi connectivity index (χ4v) is 2.77. The van der Waals surface area contributed by atoms with Crippen molar-refractivity contribution in [2.45, 2.75) is 19.4 Å². The van der Waals surface area contributed by atoms with E-state index in [1.54, 1.807) is 11.9 Å². The number of amides is 2. The molecule has 0 aliphatic heterocycles. The van der Waals surface area contributed by atoms with Gasteiger partial charge in [-0.3, -0.25) is 4.90 Å². The van der Waals surface area contributed by atoms with Crippen LogP contribution >= 0.6 is 0 Å². The van der Waals surface area contributed by atoms with E-state index in [0.29, 0.717) is 0 Å². The van der Waals surface area contributed by atoms with Gasteiger partial charge in [0.15, 0.2) is 0 Å². The minimum atomic E-state index is -0.559. The number of nitrogens with one attached hydrogen (secondary N) is 1. The Labute approximate surface area is 160 Å². The SMILES string of the molecule is CN(C(=O)NC(C)(C)c1cccc(Oc2ccccc2)c1)c1ccccc1. The van der Waals surface area contributed by atoms with Gasteiger partial charge in [0.25, 0.3) is 0 Å². The monoisotopic (exact) mass is 360 g/mol. The molecule has 0 fully saturated rings. The minimum absolute atomic E-state index is 0.166. The van der Waals surface area contributed by atoms with Crippen molar-refractivity contribution >= 4 is 11.7 Å². The first-order valence-electron chi connectivity index (χ1n) is 8.90. The van der Waals surface area contributed by atoms with Crippen molar-refractivity contribution in [1.29, 1.82) is 0 Å². The van der Waals surface area contributed by atoms with Crippen LogP contribution in [0.2, 0.25) is 0 Å². The highest BCUT2D eigenvalue weighted by Crippen LogP contribution is 2.27. The van der Waals surface area contributed by atoms with Crippen LogP contribution in [0.5, 0.6) is 11.5 Å². The highest BCUT2D eigenvalue weighted by Gasteiger charge is 2.25. The van der Waals surface area contributed by atoms with E-state index in [2.05, 4.69) is 5.32 Å². The van der Waals surface area contributed by atoms with Crippen LogP contribution in [0.3, 0.4) is 0 Å². The van der Waals surface area contributed by atoms with Crippen molar-refractivity contribution in [1.82, 2.24) is 5.32 Å². The van der Waals surface area contributed by atoms with Crippen molar-refractivity contribution < 1.29 is 9.53 Å². The van der Waals surface area contributed by atoms with Gasteiger partial charge in [0.2, 0.25) is 0 Å². The molecule has 0 spiro atoms. The first-order valence-corrected chi connectivity index (χ1v) is 8.90. The van der Waals surface area contributed by atoms with Crippen LogP contribution in [-0.4, -0.2) is 13.1 Å². The third-order valence-electron chi connectivity index (χ3n) is 4.40. The molecule has 4 nitrogen and oxygen atoms in total. The number of para-hydroxylation sites is 2. The third kappa shape index (κ3) is 4.67. The van der Waals surface area contributed by atoms with E-state index in [-0.39, 0.29) is 6.03 Å². The van der Waals surface area contributed by atoms with Crippen LogP contribution in [0.15, 0.2) is 84.9 Å². The zero-order valence-corrected chi connectivity index (χ0v) is 15.8.